The molecule has 0 aliphatic rings. The molecular formula is C24H28N2O4S. The maximum absolute atomic E-state index is 12.8. The number of para-hydroxylation sites is 1. The molecule has 0 bridgehead atoms. The monoisotopic (exact) mass is 440 g/mol. The Labute approximate surface area is 183 Å². The number of aromatic nitrogens is 1. The second-order valence-corrected chi connectivity index (χ2v) is 10.2. The first-order chi connectivity index (χ1) is 14.5. The molecule has 1 N–H and O–H groups in total. The van der Waals surface area contributed by atoms with E-state index in [9.17, 15) is 13.2 Å². The fraction of sp³-hybridized carbons (Fsp3) is 0.333. The number of hydrogen-bond acceptors (Lipinski definition) is 5. The molecule has 3 rings (SSSR count). The molecule has 0 saturated heterocycles. The molecule has 0 unspecified atom stereocenters. The van der Waals surface area contributed by atoms with Crippen molar-refractivity contribution in [3.05, 3.63) is 65.9 Å². The van der Waals surface area contributed by atoms with Crippen LogP contribution in [0.3, 0.4) is 0 Å². The van der Waals surface area contributed by atoms with Crippen molar-refractivity contribution in [3.8, 4) is 0 Å². The minimum absolute atomic E-state index is 0.198. The van der Waals surface area contributed by atoms with Gasteiger partial charge >= 0.3 is 5.97 Å². The van der Waals surface area contributed by atoms with Crippen LogP contribution >= 0.6 is 0 Å². The zero-order valence-electron chi connectivity index (χ0n) is 18.3. The summed E-state index contributed by atoms with van der Waals surface area (Å²) >= 11 is 0. The summed E-state index contributed by atoms with van der Waals surface area (Å²) in [5.74, 6) is -0.236. The van der Waals surface area contributed by atoms with Crippen molar-refractivity contribution in [1.82, 2.24) is 4.98 Å². The molecule has 0 atom stereocenters. The van der Waals surface area contributed by atoms with E-state index in [0.29, 0.717) is 30.5 Å². The van der Waals surface area contributed by atoms with E-state index < -0.39 is 15.6 Å². The van der Waals surface area contributed by atoms with Gasteiger partial charge in [-0.25, -0.2) is 8.42 Å². The summed E-state index contributed by atoms with van der Waals surface area (Å²) in [6, 6.07) is 15.9. The van der Waals surface area contributed by atoms with Gasteiger partial charge in [0.2, 0.25) is 0 Å². The van der Waals surface area contributed by atoms with Gasteiger partial charge in [-0.2, -0.15) is 0 Å². The van der Waals surface area contributed by atoms with Crippen molar-refractivity contribution >= 4 is 32.6 Å². The highest BCUT2D eigenvalue weighted by molar-refractivity contribution is 7.92. The molecule has 0 aliphatic carbocycles. The number of carbonyl (C=O) groups excluding carboxylic acids is 1. The van der Waals surface area contributed by atoms with Crippen molar-refractivity contribution in [1.29, 1.82) is 0 Å². The standard InChI is InChI=1S/C24H28N2O4S/c1-17-11-15-20(16-12-17)31(28,29)26-21-9-5-7-18-13-14-19(25-23(18)21)8-6-10-22(27)30-24(2,3)4/h5,7,9,11-16,26H,6,8,10H2,1-4H3. The van der Waals surface area contributed by atoms with Crippen molar-refractivity contribution in [3.63, 3.8) is 0 Å². The Kier molecular flexibility index (Phi) is 6.65. The summed E-state index contributed by atoms with van der Waals surface area (Å²) in [5.41, 5.74) is 2.28. The Morgan fingerprint density at radius 2 is 1.74 bits per heavy atom. The predicted molar refractivity (Wildman–Crippen MR) is 123 cm³/mol. The van der Waals surface area contributed by atoms with Crippen LogP contribution < -0.4 is 4.72 Å². The van der Waals surface area contributed by atoms with Gasteiger partial charge in [-0.3, -0.25) is 14.5 Å². The molecule has 0 saturated carbocycles. The van der Waals surface area contributed by atoms with Crippen LogP contribution in [0, 0.1) is 6.92 Å². The Bertz CT molecular complexity index is 1180. The number of aryl methyl sites for hydroxylation is 2. The van der Waals surface area contributed by atoms with Crippen LogP contribution in [0.2, 0.25) is 0 Å². The highest BCUT2D eigenvalue weighted by Crippen LogP contribution is 2.25. The van der Waals surface area contributed by atoms with Crippen LogP contribution in [0.1, 0.15) is 44.9 Å². The molecule has 2 aromatic carbocycles. The molecular weight excluding hydrogens is 412 g/mol. The normalized spacial score (nSPS) is 12.0. The van der Waals surface area contributed by atoms with Gasteiger partial charge in [-0.1, -0.05) is 35.9 Å². The fourth-order valence-electron chi connectivity index (χ4n) is 3.14. The van der Waals surface area contributed by atoms with Gasteiger partial charge in [-0.15, -0.1) is 0 Å². The first-order valence-corrected chi connectivity index (χ1v) is 11.7. The smallest absolute Gasteiger partial charge is 0.306 e. The molecule has 1 aromatic heterocycles. The van der Waals surface area contributed by atoms with Crippen LogP contribution in [0.25, 0.3) is 10.9 Å². The Morgan fingerprint density at radius 3 is 2.42 bits per heavy atom. The van der Waals surface area contributed by atoms with Crippen molar-refractivity contribution in [2.45, 2.75) is 57.5 Å². The van der Waals surface area contributed by atoms with Crippen LogP contribution in [-0.2, 0) is 26.0 Å². The lowest BCUT2D eigenvalue weighted by molar-refractivity contribution is -0.154. The topological polar surface area (TPSA) is 85.4 Å². The molecule has 164 valence electrons. The highest BCUT2D eigenvalue weighted by atomic mass is 32.2. The number of sulfonamides is 1. The zero-order chi connectivity index (χ0) is 22.6. The third-order valence-electron chi connectivity index (χ3n) is 4.59. The number of carbonyl (C=O) groups is 1. The largest absolute Gasteiger partial charge is 0.460 e. The molecule has 1 heterocycles. The minimum Gasteiger partial charge on any atom is -0.460 e. The summed E-state index contributed by atoms with van der Waals surface area (Å²) in [6.07, 6.45) is 1.50. The molecule has 31 heavy (non-hydrogen) atoms. The van der Waals surface area contributed by atoms with E-state index in [4.69, 9.17) is 4.74 Å². The first-order valence-electron chi connectivity index (χ1n) is 10.2. The lowest BCUT2D eigenvalue weighted by atomic mass is 10.1. The maximum Gasteiger partial charge on any atom is 0.306 e. The molecule has 6 nitrogen and oxygen atoms in total. The SMILES string of the molecule is Cc1ccc(S(=O)(=O)Nc2cccc3ccc(CCCC(=O)OC(C)(C)C)nc23)cc1. The van der Waals surface area contributed by atoms with E-state index >= 15 is 0 Å². The fourth-order valence-corrected chi connectivity index (χ4v) is 4.20. The number of hydrogen-bond donors (Lipinski definition) is 1. The van der Waals surface area contributed by atoms with Gasteiger partial charge in [0, 0.05) is 17.5 Å². The van der Waals surface area contributed by atoms with Crippen molar-refractivity contribution < 1.29 is 17.9 Å². The van der Waals surface area contributed by atoms with Crippen LogP contribution in [0.5, 0.6) is 0 Å². The maximum atomic E-state index is 12.8. The molecule has 0 radical (unpaired) electrons. The summed E-state index contributed by atoms with van der Waals surface area (Å²) in [5, 5.41) is 0.833. The number of benzene rings is 2. The van der Waals surface area contributed by atoms with Crippen LogP contribution in [0.4, 0.5) is 5.69 Å². The number of esters is 1. The first kappa shape index (κ1) is 22.7. The summed E-state index contributed by atoms with van der Waals surface area (Å²) < 4.78 is 33.6. The van der Waals surface area contributed by atoms with Gasteiger partial charge in [0.15, 0.2) is 0 Å². The third kappa shape index (κ3) is 6.28. The third-order valence-corrected chi connectivity index (χ3v) is 5.97. The lowest BCUT2D eigenvalue weighted by Crippen LogP contribution is -2.23. The number of fused-ring (bicyclic) bond motifs is 1. The summed E-state index contributed by atoms with van der Waals surface area (Å²) in [6.45, 7) is 7.43. The van der Waals surface area contributed by atoms with E-state index in [1.54, 1.807) is 36.4 Å². The van der Waals surface area contributed by atoms with Crippen molar-refractivity contribution in [2.75, 3.05) is 4.72 Å². The average molecular weight is 441 g/mol. The number of rotatable bonds is 7. The van der Waals surface area contributed by atoms with E-state index in [2.05, 4.69) is 9.71 Å². The van der Waals surface area contributed by atoms with E-state index in [-0.39, 0.29) is 10.9 Å². The summed E-state index contributed by atoms with van der Waals surface area (Å²) in [4.78, 5) is 16.8. The zero-order valence-corrected chi connectivity index (χ0v) is 19.1. The van der Waals surface area contributed by atoms with E-state index in [1.165, 1.54) is 0 Å². The Balaban J connectivity index is 1.77. The summed E-state index contributed by atoms with van der Waals surface area (Å²) in [7, 11) is -3.73. The average Bonchev–Trinajstić information content (AvgIpc) is 2.67. The number of pyridine rings is 1. The van der Waals surface area contributed by atoms with Gasteiger partial charge in [0.1, 0.15) is 5.60 Å². The molecule has 0 spiro atoms. The number of ether oxygens (including phenoxy) is 1. The van der Waals surface area contributed by atoms with E-state index in [0.717, 1.165) is 16.6 Å². The lowest BCUT2D eigenvalue weighted by Gasteiger charge is -2.19. The van der Waals surface area contributed by atoms with Gasteiger partial charge in [0.25, 0.3) is 10.0 Å². The molecule has 0 fully saturated rings. The molecule has 0 amide bonds. The number of anilines is 1. The second-order valence-electron chi connectivity index (χ2n) is 8.54. The Morgan fingerprint density at radius 1 is 1.03 bits per heavy atom. The van der Waals surface area contributed by atoms with Gasteiger partial charge in [-0.05, 0) is 64.8 Å². The number of nitrogens with one attached hydrogen (secondary N) is 1. The Hall–Kier alpha value is -2.93. The minimum atomic E-state index is -3.73. The number of nitrogens with zero attached hydrogens (tertiary/aromatic N) is 1. The molecule has 0 aliphatic heterocycles. The van der Waals surface area contributed by atoms with Gasteiger partial charge in [0.05, 0.1) is 16.1 Å². The predicted octanol–water partition coefficient (Wildman–Crippen LogP) is 5.01. The van der Waals surface area contributed by atoms with E-state index in [1.807, 2.05) is 45.9 Å². The van der Waals surface area contributed by atoms with Gasteiger partial charge < -0.3 is 4.74 Å². The molecule has 3 aromatic rings. The second kappa shape index (κ2) is 9.06. The quantitative estimate of drug-likeness (QED) is 0.522. The van der Waals surface area contributed by atoms with Crippen molar-refractivity contribution in [2.24, 2.45) is 0 Å². The highest BCUT2D eigenvalue weighted by Gasteiger charge is 2.17. The molecule has 7 heteroatoms. The van der Waals surface area contributed by atoms with Crippen LogP contribution in [0.15, 0.2) is 59.5 Å². The van der Waals surface area contributed by atoms with Crippen LogP contribution in [-0.4, -0.2) is 25.0 Å².